The van der Waals surface area contributed by atoms with Crippen LogP contribution in [0.2, 0.25) is 0 Å². The van der Waals surface area contributed by atoms with Crippen molar-refractivity contribution in [3.05, 3.63) is 31.0 Å². The van der Waals surface area contributed by atoms with E-state index in [1.807, 2.05) is 12.1 Å². The monoisotopic (exact) mass is 163 g/mol. The van der Waals surface area contributed by atoms with Gasteiger partial charge in [0.15, 0.2) is 11.9 Å². The highest BCUT2D eigenvalue weighted by Gasteiger charge is 2.18. The normalized spacial score (nSPS) is 20.2. The van der Waals surface area contributed by atoms with Crippen molar-refractivity contribution < 1.29 is 9.47 Å². The molecule has 3 nitrogen and oxygen atoms in total. The fraction of sp³-hybridized carbons (Fsp3) is 0.222. The quantitative estimate of drug-likeness (QED) is 0.586. The molecule has 1 atom stereocenters. The van der Waals surface area contributed by atoms with E-state index in [2.05, 4.69) is 11.6 Å². The molecule has 0 bridgehead atoms. The first-order valence-corrected chi connectivity index (χ1v) is 3.77. The molecule has 0 aromatic carbocycles. The van der Waals surface area contributed by atoms with Gasteiger partial charge in [-0.25, -0.2) is 4.98 Å². The molecule has 0 fully saturated rings. The highest BCUT2D eigenvalue weighted by Crippen LogP contribution is 2.28. The molecule has 12 heavy (non-hydrogen) atoms. The van der Waals surface area contributed by atoms with Crippen LogP contribution in [0.25, 0.3) is 0 Å². The second-order valence-corrected chi connectivity index (χ2v) is 2.51. The minimum Gasteiger partial charge on any atom is -0.484 e. The van der Waals surface area contributed by atoms with Gasteiger partial charge in [0.25, 0.3) is 5.88 Å². The van der Waals surface area contributed by atoms with Crippen LogP contribution >= 0.6 is 0 Å². The Morgan fingerprint density at radius 3 is 3.42 bits per heavy atom. The van der Waals surface area contributed by atoms with E-state index in [9.17, 15) is 0 Å². The first-order valence-electron chi connectivity index (χ1n) is 3.77. The van der Waals surface area contributed by atoms with Gasteiger partial charge in [-0.3, -0.25) is 0 Å². The van der Waals surface area contributed by atoms with E-state index in [1.165, 1.54) is 0 Å². The van der Waals surface area contributed by atoms with Crippen LogP contribution in [0.1, 0.15) is 0 Å². The summed E-state index contributed by atoms with van der Waals surface area (Å²) in [6.45, 7) is 4.14. The van der Waals surface area contributed by atoms with Gasteiger partial charge in [-0.2, -0.15) is 0 Å². The number of nitrogens with zero attached hydrogens (tertiary/aromatic N) is 1. The Bertz CT molecular complexity index is 298. The summed E-state index contributed by atoms with van der Waals surface area (Å²) in [6.07, 6.45) is 3.30. The van der Waals surface area contributed by atoms with Crippen molar-refractivity contribution in [1.82, 2.24) is 4.98 Å². The molecule has 0 saturated heterocycles. The van der Waals surface area contributed by atoms with Crippen LogP contribution in [0.4, 0.5) is 0 Å². The van der Waals surface area contributed by atoms with Crippen molar-refractivity contribution in [3.8, 4) is 11.6 Å². The highest BCUT2D eigenvalue weighted by molar-refractivity contribution is 5.34. The number of fused-ring (bicyclic) bond motifs is 1. The molecule has 0 spiro atoms. The average Bonchev–Trinajstić information content (AvgIpc) is 2.17. The zero-order valence-corrected chi connectivity index (χ0v) is 6.56. The van der Waals surface area contributed by atoms with E-state index in [0.29, 0.717) is 18.2 Å². The Labute approximate surface area is 70.6 Å². The van der Waals surface area contributed by atoms with Crippen LogP contribution in [0, 0.1) is 0 Å². The van der Waals surface area contributed by atoms with Gasteiger partial charge in [0.05, 0.1) is 0 Å². The van der Waals surface area contributed by atoms with Crippen LogP contribution < -0.4 is 9.47 Å². The summed E-state index contributed by atoms with van der Waals surface area (Å²) in [4.78, 5) is 4.02. The van der Waals surface area contributed by atoms with Crippen molar-refractivity contribution in [3.63, 3.8) is 0 Å². The molecule has 1 aliphatic heterocycles. The number of rotatable bonds is 1. The molecule has 0 aliphatic carbocycles. The maximum absolute atomic E-state index is 5.43. The number of aromatic nitrogens is 1. The Kier molecular flexibility index (Phi) is 1.70. The van der Waals surface area contributed by atoms with Crippen molar-refractivity contribution in [2.24, 2.45) is 0 Å². The Morgan fingerprint density at radius 1 is 1.67 bits per heavy atom. The Balaban J connectivity index is 2.28. The maximum atomic E-state index is 5.43. The fourth-order valence-corrected chi connectivity index (χ4v) is 1.04. The largest absolute Gasteiger partial charge is 0.484 e. The van der Waals surface area contributed by atoms with Gasteiger partial charge in [0.1, 0.15) is 6.61 Å². The fourth-order valence-electron chi connectivity index (χ4n) is 1.04. The summed E-state index contributed by atoms with van der Waals surface area (Å²) in [7, 11) is 0. The number of ether oxygens (including phenoxy) is 2. The Hall–Kier alpha value is -1.51. The lowest BCUT2D eigenvalue weighted by molar-refractivity contribution is 0.116. The van der Waals surface area contributed by atoms with Crippen molar-refractivity contribution >= 4 is 0 Å². The molecular formula is C9H9NO2. The zero-order valence-electron chi connectivity index (χ0n) is 6.56. The van der Waals surface area contributed by atoms with E-state index in [1.54, 1.807) is 12.3 Å². The van der Waals surface area contributed by atoms with E-state index in [4.69, 9.17) is 9.47 Å². The van der Waals surface area contributed by atoms with Crippen LogP contribution in [0.5, 0.6) is 11.6 Å². The average molecular weight is 163 g/mol. The van der Waals surface area contributed by atoms with Gasteiger partial charge in [0, 0.05) is 6.20 Å². The molecule has 2 rings (SSSR count). The number of pyridine rings is 1. The first-order chi connectivity index (χ1) is 5.90. The van der Waals surface area contributed by atoms with Crippen LogP contribution in [-0.4, -0.2) is 17.7 Å². The lowest BCUT2D eigenvalue weighted by Crippen LogP contribution is -2.27. The lowest BCUT2D eigenvalue weighted by Gasteiger charge is -2.22. The molecule has 0 amide bonds. The summed E-state index contributed by atoms with van der Waals surface area (Å²) in [5, 5.41) is 0. The van der Waals surface area contributed by atoms with E-state index < -0.39 is 0 Å². The number of hydrogen-bond donors (Lipinski definition) is 0. The molecule has 1 aromatic rings. The van der Waals surface area contributed by atoms with E-state index in [0.717, 1.165) is 0 Å². The predicted molar refractivity (Wildman–Crippen MR) is 44.3 cm³/mol. The molecule has 0 saturated carbocycles. The van der Waals surface area contributed by atoms with Gasteiger partial charge in [-0.1, -0.05) is 6.58 Å². The summed E-state index contributed by atoms with van der Waals surface area (Å²) >= 11 is 0. The van der Waals surface area contributed by atoms with Gasteiger partial charge in [-0.05, 0) is 18.2 Å². The van der Waals surface area contributed by atoms with Crippen molar-refractivity contribution in [2.75, 3.05) is 6.61 Å². The van der Waals surface area contributed by atoms with E-state index >= 15 is 0 Å². The molecule has 62 valence electrons. The third-order valence-electron chi connectivity index (χ3n) is 1.67. The molecule has 1 aliphatic rings. The Morgan fingerprint density at radius 2 is 2.58 bits per heavy atom. The maximum Gasteiger partial charge on any atom is 0.257 e. The van der Waals surface area contributed by atoms with Gasteiger partial charge in [0.2, 0.25) is 0 Å². The molecule has 3 heteroatoms. The first kappa shape index (κ1) is 7.16. The predicted octanol–water partition coefficient (Wildman–Crippen LogP) is 1.41. The smallest absolute Gasteiger partial charge is 0.257 e. The van der Waals surface area contributed by atoms with Crippen LogP contribution in [0.15, 0.2) is 31.0 Å². The van der Waals surface area contributed by atoms with E-state index in [-0.39, 0.29) is 6.10 Å². The highest BCUT2D eigenvalue weighted by atomic mass is 16.6. The second-order valence-electron chi connectivity index (χ2n) is 2.51. The second kappa shape index (κ2) is 2.85. The number of hydrogen-bond acceptors (Lipinski definition) is 3. The van der Waals surface area contributed by atoms with Crippen LogP contribution in [-0.2, 0) is 0 Å². The molecule has 0 radical (unpaired) electrons. The molecule has 0 unspecified atom stereocenters. The molecule has 1 aromatic heterocycles. The third kappa shape index (κ3) is 1.13. The molecule has 0 N–H and O–H groups in total. The zero-order chi connectivity index (χ0) is 8.39. The van der Waals surface area contributed by atoms with Crippen molar-refractivity contribution in [2.45, 2.75) is 6.10 Å². The standard InChI is InChI=1S/C9H9NO2/c1-2-7-6-11-8-4-3-5-10-9(8)12-7/h2-5,7H,1,6H2/t7-/m0/s1. The molecule has 2 heterocycles. The third-order valence-corrected chi connectivity index (χ3v) is 1.67. The van der Waals surface area contributed by atoms with Gasteiger partial charge < -0.3 is 9.47 Å². The van der Waals surface area contributed by atoms with Gasteiger partial charge in [-0.15, -0.1) is 0 Å². The topological polar surface area (TPSA) is 31.4 Å². The summed E-state index contributed by atoms with van der Waals surface area (Å²) in [5.41, 5.74) is 0. The van der Waals surface area contributed by atoms with Crippen molar-refractivity contribution in [1.29, 1.82) is 0 Å². The minimum absolute atomic E-state index is 0.0765. The lowest BCUT2D eigenvalue weighted by atomic mass is 10.3. The SMILES string of the molecule is C=C[C@H]1COc2cccnc2O1. The summed E-state index contributed by atoms with van der Waals surface area (Å²) in [5.74, 6) is 1.25. The summed E-state index contributed by atoms with van der Waals surface area (Å²) < 4.78 is 10.8. The summed E-state index contributed by atoms with van der Waals surface area (Å²) in [6, 6.07) is 3.65. The molecular weight excluding hydrogens is 154 g/mol. The minimum atomic E-state index is -0.0765. The van der Waals surface area contributed by atoms with Crippen LogP contribution in [0.3, 0.4) is 0 Å². The van der Waals surface area contributed by atoms with Gasteiger partial charge >= 0.3 is 0 Å².